The number of rotatable bonds is 3. The molecule has 5 rings (SSSR count). The Hall–Kier alpha value is -3.11. The summed E-state index contributed by atoms with van der Waals surface area (Å²) in [4.78, 5) is 9.02. The Bertz CT molecular complexity index is 987. The summed E-state index contributed by atoms with van der Waals surface area (Å²) in [5.74, 6) is 0.837. The van der Waals surface area contributed by atoms with Crippen molar-refractivity contribution in [3.63, 3.8) is 0 Å². The average Bonchev–Trinajstić information content (AvgIpc) is 3.23. The number of guanidine groups is 1. The van der Waals surface area contributed by atoms with Gasteiger partial charge < -0.3 is 14.9 Å². The zero-order valence-corrected chi connectivity index (χ0v) is 15.0. The van der Waals surface area contributed by atoms with Crippen molar-refractivity contribution in [1.82, 2.24) is 4.90 Å². The van der Waals surface area contributed by atoms with Crippen molar-refractivity contribution in [1.29, 1.82) is 0 Å². The van der Waals surface area contributed by atoms with E-state index in [-0.39, 0.29) is 0 Å². The molecule has 0 spiro atoms. The normalized spacial score (nSPS) is 20.9. The lowest BCUT2D eigenvalue weighted by Crippen LogP contribution is -2.58. The van der Waals surface area contributed by atoms with Gasteiger partial charge in [-0.1, -0.05) is 78.9 Å². The van der Waals surface area contributed by atoms with Crippen molar-refractivity contribution in [2.75, 3.05) is 18.0 Å². The molecular formula is C23H21N3O. The van der Waals surface area contributed by atoms with Gasteiger partial charge in [-0.2, -0.15) is 0 Å². The smallest absolute Gasteiger partial charge is 0.204 e. The molecule has 1 N–H and O–H groups in total. The van der Waals surface area contributed by atoms with E-state index in [2.05, 4.69) is 35.2 Å². The molecule has 3 aromatic carbocycles. The molecule has 2 heterocycles. The second-order valence-electron chi connectivity index (χ2n) is 6.96. The Morgan fingerprint density at radius 1 is 0.852 bits per heavy atom. The minimum Gasteiger partial charge on any atom is -0.363 e. The predicted molar refractivity (Wildman–Crippen MR) is 108 cm³/mol. The van der Waals surface area contributed by atoms with Gasteiger partial charge in [0.25, 0.3) is 0 Å². The van der Waals surface area contributed by atoms with E-state index in [9.17, 15) is 5.11 Å². The molecule has 1 atom stereocenters. The first-order valence-corrected chi connectivity index (χ1v) is 9.29. The van der Waals surface area contributed by atoms with E-state index in [1.165, 1.54) is 5.56 Å². The van der Waals surface area contributed by atoms with Gasteiger partial charge in [0.05, 0.1) is 18.8 Å². The summed E-state index contributed by atoms with van der Waals surface area (Å²) in [5, 5.41) is 12.0. The Morgan fingerprint density at radius 3 is 2.30 bits per heavy atom. The summed E-state index contributed by atoms with van der Waals surface area (Å²) < 4.78 is 0. The Morgan fingerprint density at radius 2 is 1.52 bits per heavy atom. The first-order chi connectivity index (χ1) is 13.3. The van der Waals surface area contributed by atoms with Crippen LogP contribution in [0.25, 0.3) is 0 Å². The van der Waals surface area contributed by atoms with Gasteiger partial charge in [0.1, 0.15) is 0 Å². The monoisotopic (exact) mass is 355 g/mol. The van der Waals surface area contributed by atoms with E-state index in [0.29, 0.717) is 13.1 Å². The third-order valence-electron chi connectivity index (χ3n) is 5.38. The molecule has 2 aliphatic rings. The zero-order chi connectivity index (χ0) is 18.3. The predicted octanol–water partition coefficient (Wildman–Crippen LogP) is 3.57. The summed E-state index contributed by atoms with van der Waals surface area (Å²) in [6.45, 7) is 2.10. The van der Waals surface area contributed by atoms with E-state index in [1.54, 1.807) is 0 Å². The van der Waals surface area contributed by atoms with Crippen LogP contribution in [0, 0.1) is 0 Å². The molecule has 0 aromatic heterocycles. The van der Waals surface area contributed by atoms with Crippen LogP contribution in [-0.2, 0) is 12.3 Å². The van der Waals surface area contributed by atoms with Crippen LogP contribution in [0.1, 0.15) is 16.7 Å². The Labute approximate surface area is 159 Å². The average molecular weight is 355 g/mol. The van der Waals surface area contributed by atoms with Crippen molar-refractivity contribution >= 4 is 11.6 Å². The van der Waals surface area contributed by atoms with E-state index in [0.717, 1.165) is 29.3 Å². The first kappa shape index (κ1) is 16.1. The molecular weight excluding hydrogens is 334 g/mol. The quantitative estimate of drug-likeness (QED) is 0.781. The minimum atomic E-state index is -1.21. The van der Waals surface area contributed by atoms with Gasteiger partial charge >= 0.3 is 0 Å². The number of fused-ring (bicyclic) bond motifs is 2. The molecule has 0 fully saturated rings. The van der Waals surface area contributed by atoms with Crippen LogP contribution in [0.5, 0.6) is 0 Å². The molecule has 134 valence electrons. The molecule has 0 aliphatic carbocycles. The van der Waals surface area contributed by atoms with Crippen LogP contribution >= 0.6 is 0 Å². The molecule has 2 aliphatic heterocycles. The van der Waals surface area contributed by atoms with Crippen LogP contribution in [0.15, 0.2) is 89.9 Å². The highest BCUT2D eigenvalue weighted by Crippen LogP contribution is 2.45. The number of para-hydroxylation sites is 1. The minimum absolute atomic E-state index is 0.684. The number of anilines is 1. The molecule has 1 unspecified atom stereocenters. The Kier molecular flexibility index (Phi) is 3.73. The second-order valence-corrected chi connectivity index (χ2v) is 6.96. The van der Waals surface area contributed by atoms with Gasteiger partial charge in [0.2, 0.25) is 5.96 Å². The summed E-state index contributed by atoms with van der Waals surface area (Å²) in [6.07, 6.45) is 0. The maximum Gasteiger partial charge on any atom is 0.204 e. The van der Waals surface area contributed by atoms with E-state index in [4.69, 9.17) is 4.99 Å². The van der Waals surface area contributed by atoms with E-state index < -0.39 is 5.72 Å². The highest BCUT2D eigenvalue weighted by Gasteiger charge is 2.49. The molecule has 3 aromatic rings. The Balaban J connectivity index is 1.69. The van der Waals surface area contributed by atoms with Crippen molar-refractivity contribution in [3.8, 4) is 0 Å². The van der Waals surface area contributed by atoms with Gasteiger partial charge in [-0.25, -0.2) is 0 Å². The molecule has 0 saturated carbocycles. The number of nitrogens with zero attached hydrogens (tertiary/aromatic N) is 3. The lowest BCUT2D eigenvalue weighted by molar-refractivity contribution is -0.0360. The third kappa shape index (κ3) is 2.45. The van der Waals surface area contributed by atoms with Crippen LogP contribution in [0.3, 0.4) is 0 Å². The fourth-order valence-corrected chi connectivity index (χ4v) is 4.13. The summed E-state index contributed by atoms with van der Waals surface area (Å²) in [6, 6.07) is 28.4. The standard InChI is InChI=1S/C23H21N3O/c27-23(19-11-5-2-6-12-19)20-13-7-8-14-21(20)25(22-24-15-16-26(22)23)17-18-9-3-1-4-10-18/h1-14,27H,15-17H2. The lowest BCUT2D eigenvalue weighted by Gasteiger charge is -2.48. The van der Waals surface area contributed by atoms with Crippen LogP contribution < -0.4 is 4.90 Å². The number of aliphatic hydroxyl groups is 1. The molecule has 4 heteroatoms. The van der Waals surface area contributed by atoms with Gasteiger partial charge in [-0.05, 0) is 11.6 Å². The topological polar surface area (TPSA) is 39.1 Å². The summed E-state index contributed by atoms with van der Waals surface area (Å²) >= 11 is 0. The van der Waals surface area contributed by atoms with Crippen LogP contribution in [0.2, 0.25) is 0 Å². The van der Waals surface area contributed by atoms with Crippen LogP contribution in [-0.4, -0.2) is 29.1 Å². The van der Waals surface area contributed by atoms with Gasteiger partial charge in [-0.3, -0.25) is 4.99 Å². The van der Waals surface area contributed by atoms with Crippen molar-refractivity contribution < 1.29 is 5.11 Å². The summed E-state index contributed by atoms with van der Waals surface area (Å²) in [7, 11) is 0. The fourth-order valence-electron chi connectivity index (χ4n) is 4.13. The first-order valence-electron chi connectivity index (χ1n) is 9.29. The molecule has 0 bridgehead atoms. The summed E-state index contributed by atoms with van der Waals surface area (Å²) in [5.41, 5.74) is 2.77. The maximum atomic E-state index is 12.0. The number of aliphatic imine (C=N–C) groups is 1. The lowest BCUT2D eigenvalue weighted by atomic mass is 9.89. The highest BCUT2D eigenvalue weighted by atomic mass is 16.3. The number of benzene rings is 3. The van der Waals surface area contributed by atoms with Crippen LogP contribution in [0.4, 0.5) is 5.69 Å². The van der Waals surface area contributed by atoms with Crippen molar-refractivity contribution in [2.24, 2.45) is 4.99 Å². The maximum absolute atomic E-state index is 12.0. The highest BCUT2D eigenvalue weighted by molar-refractivity contribution is 6.01. The molecule has 0 saturated heterocycles. The SMILES string of the molecule is OC1(c2ccccc2)c2ccccc2N(Cc2ccccc2)C2=NCCN21. The van der Waals surface area contributed by atoms with Gasteiger partial charge in [0.15, 0.2) is 5.72 Å². The molecule has 27 heavy (non-hydrogen) atoms. The van der Waals surface area contributed by atoms with Crippen molar-refractivity contribution in [3.05, 3.63) is 102 Å². The fraction of sp³-hybridized carbons (Fsp3) is 0.174. The molecule has 0 radical (unpaired) electrons. The number of hydrogen-bond donors (Lipinski definition) is 1. The van der Waals surface area contributed by atoms with Gasteiger partial charge in [-0.15, -0.1) is 0 Å². The van der Waals surface area contributed by atoms with Gasteiger partial charge in [0, 0.05) is 17.7 Å². The van der Waals surface area contributed by atoms with E-state index >= 15 is 0 Å². The number of hydrogen-bond acceptors (Lipinski definition) is 4. The largest absolute Gasteiger partial charge is 0.363 e. The second kappa shape index (κ2) is 6.25. The van der Waals surface area contributed by atoms with E-state index in [1.807, 2.05) is 59.5 Å². The molecule has 0 amide bonds. The third-order valence-corrected chi connectivity index (χ3v) is 5.38. The zero-order valence-electron chi connectivity index (χ0n) is 15.0. The van der Waals surface area contributed by atoms with Crippen molar-refractivity contribution in [2.45, 2.75) is 12.3 Å². The molecule has 4 nitrogen and oxygen atoms in total.